The monoisotopic (exact) mass is 306 g/mol. The highest BCUT2D eigenvalue weighted by atomic mass is 35.5. The highest BCUT2D eigenvalue weighted by Crippen LogP contribution is 2.25. The van der Waals surface area contributed by atoms with Crippen molar-refractivity contribution in [2.45, 2.75) is 0 Å². The van der Waals surface area contributed by atoms with Crippen LogP contribution in [0, 0.1) is 10.1 Å². The second-order valence-corrected chi connectivity index (χ2v) is 4.52. The Kier molecular flexibility index (Phi) is 4.39. The molecule has 0 saturated heterocycles. The van der Waals surface area contributed by atoms with E-state index in [1.165, 1.54) is 31.4 Å². The Bertz CT molecular complexity index is 703. The molecular formula is C14H11ClN2O4. The molecule has 2 rings (SSSR count). The maximum absolute atomic E-state index is 12.1. The number of carbonyl (C=O) groups is 1. The molecule has 0 atom stereocenters. The van der Waals surface area contributed by atoms with E-state index in [0.29, 0.717) is 22.0 Å². The molecule has 0 aromatic heterocycles. The number of benzene rings is 2. The fraction of sp³-hybridized carbons (Fsp3) is 0.0714. The molecule has 0 radical (unpaired) electrons. The van der Waals surface area contributed by atoms with Crippen LogP contribution >= 0.6 is 11.6 Å². The smallest absolute Gasteiger partial charge is 0.271 e. The van der Waals surface area contributed by atoms with Crippen LogP contribution in [0.2, 0.25) is 5.02 Å². The molecule has 1 amide bonds. The molecule has 21 heavy (non-hydrogen) atoms. The summed E-state index contributed by atoms with van der Waals surface area (Å²) in [4.78, 5) is 22.2. The Morgan fingerprint density at radius 3 is 2.67 bits per heavy atom. The number of rotatable bonds is 4. The molecule has 0 unspecified atom stereocenters. The molecule has 2 aromatic rings. The molecule has 0 aliphatic rings. The topological polar surface area (TPSA) is 81.5 Å². The Morgan fingerprint density at radius 2 is 2.05 bits per heavy atom. The number of nitrogens with one attached hydrogen (secondary N) is 1. The number of carbonyl (C=O) groups excluding carboxylic acids is 1. The number of nitro groups is 1. The Hall–Kier alpha value is -2.60. The summed E-state index contributed by atoms with van der Waals surface area (Å²) in [5.74, 6) is 0.0450. The number of nitro benzene ring substituents is 1. The van der Waals surface area contributed by atoms with Gasteiger partial charge in [-0.05, 0) is 24.3 Å². The SMILES string of the molecule is COc1ccc(C(=O)Nc2cccc([N+](=O)[O-])c2)cc1Cl. The standard InChI is InChI=1S/C14H11ClN2O4/c1-21-13-6-5-9(7-12(13)15)14(18)16-10-3-2-4-11(8-10)17(19)20/h2-8H,1H3,(H,16,18). The van der Waals surface area contributed by atoms with Gasteiger partial charge in [0.2, 0.25) is 0 Å². The summed E-state index contributed by atoms with van der Waals surface area (Å²) in [5.41, 5.74) is 0.564. The van der Waals surface area contributed by atoms with Crippen molar-refractivity contribution in [2.24, 2.45) is 0 Å². The third-order valence-electron chi connectivity index (χ3n) is 2.73. The van der Waals surface area contributed by atoms with Crippen molar-refractivity contribution in [2.75, 3.05) is 12.4 Å². The predicted molar refractivity (Wildman–Crippen MR) is 79.1 cm³/mol. The Balaban J connectivity index is 2.20. The quantitative estimate of drug-likeness (QED) is 0.692. The van der Waals surface area contributed by atoms with Crippen LogP contribution in [0.4, 0.5) is 11.4 Å². The average Bonchev–Trinajstić information content (AvgIpc) is 2.47. The minimum atomic E-state index is -0.528. The van der Waals surface area contributed by atoms with Crippen LogP contribution in [-0.4, -0.2) is 17.9 Å². The van der Waals surface area contributed by atoms with Crippen LogP contribution in [0.25, 0.3) is 0 Å². The lowest BCUT2D eigenvalue weighted by molar-refractivity contribution is -0.384. The van der Waals surface area contributed by atoms with Crippen LogP contribution in [0.5, 0.6) is 5.75 Å². The van der Waals surface area contributed by atoms with Crippen LogP contribution < -0.4 is 10.1 Å². The van der Waals surface area contributed by atoms with Gasteiger partial charge in [0.1, 0.15) is 5.75 Å². The summed E-state index contributed by atoms with van der Waals surface area (Å²) in [6.07, 6.45) is 0. The van der Waals surface area contributed by atoms with Crippen molar-refractivity contribution < 1.29 is 14.5 Å². The van der Waals surface area contributed by atoms with E-state index in [-0.39, 0.29) is 5.69 Å². The molecule has 0 heterocycles. The van der Waals surface area contributed by atoms with Gasteiger partial charge in [-0.25, -0.2) is 0 Å². The van der Waals surface area contributed by atoms with Gasteiger partial charge < -0.3 is 10.1 Å². The van der Waals surface area contributed by atoms with E-state index in [2.05, 4.69) is 5.32 Å². The number of anilines is 1. The van der Waals surface area contributed by atoms with Gasteiger partial charge in [-0.15, -0.1) is 0 Å². The number of hydrogen-bond acceptors (Lipinski definition) is 4. The van der Waals surface area contributed by atoms with E-state index in [0.717, 1.165) is 0 Å². The van der Waals surface area contributed by atoms with Gasteiger partial charge in [0.05, 0.1) is 17.1 Å². The molecule has 0 aliphatic heterocycles. The summed E-state index contributed by atoms with van der Waals surface area (Å²) in [6, 6.07) is 10.3. The zero-order chi connectivity index (χ0) is 15.4. The summed E-state index contributed by atoms with van der Waals surface area (Å²) in [5, 5.41) is 13.6. The van der Waals surface area contributed by atoms with Crippen LogP contribution in [0.15, 0.2) is 42.5 Å². The lowest BCUT2D eigenvalue weighted by Gasteiger charge is -2.07. The van der Waals surface area contributed by atoms with Gasteiger partial charge >= 0.3 is 0 Å². The maximum Gasteiger partial charge on any atom is 0.271 e. The number of ether oxygens (including phenoxy) is 1. The first kappa shape index (κ1) is 14.8. The van der Waals surface area contributed by atoms with E-state index in [1.54, 1.807) is 18.2 Å². The minimum Gasteiger partial charge on any atom is -0.495 e. The highest BCUT2D eigenvalue weighted by Gasteiger charge is 2.11. The Labute approximate surface area is 125 Å². The lowest BCUT2D eigenvalue weighted by atomic mass is 10.2. The second kappa shape index (κ2) is 6.23. The van der Waals surface area contributed by atoms with Gasteiger partial charge in [-0.3, -0.25) is 14.9 Å². The molecule has 0 spiro atoms. The molecule has 2 aromatic carbocycles. The fourth-order valence-corrected chi connectivity index (χ4v) is 1.97. The van der Waals surface area contributed by atoms with Crippen molar-refractivity contribution in [3.05, 3.63) is 63.2 Å². The number of non-ortho nitro benzene ring substituents is 1. The van der Waals surface area contributed by atoms with Crippen molar-refractivity contribution in [1.82, 2.24) is 0 Å². The zero-order valence-corrected chi connectivity index (χ0v) is 11.8. The van der Waals surface area contributed by atoms with E-state index in [9.17, 15) is 14.9 Å². The summed E-state index contributed by atoms with van der Waals surface area (Å²) >= 11 is 5.95. The van der Waals surface area contributed by atoms with Crippen LogP contribution in [0.1, 0.15) is 10.4 Å². The van der Waals surface area contributed by atoms with Crippen molar-refractivity contribution in [1.29, 1.82) is 0 Å². The molecular weight excluding hydrogens is 296 g/mol. The van der Waals surface area contributed by atoms with Crippen molar-refractivity contribution >= 4 is 28.9 Å². The zero-order valence-electron chi connectivity index (χ0n) is 11.0. The van der Waals surface area contributed by atoms with E-state index in [4.69, 9.17) is 16.3 Å². The molecule has 0 bridgehead atoms. The first-order chi connectivity index (χ1) is 10.0. The molecule has 6 nitrogen and oxygen atoms in total. The first-order valence-electron chi connectivity index (χ1n) is 5.90. The molecule has 7 heteroatoms. The van der Waals surface area contributed by atoms with Crippen molar-refractivity contribution in [3.63, 3.8) is 0 Å². The van der Waals surface area contributed by atoms with Gasteiger partial charge in [0, 0.05) is 23.4 Å². The number of halogens is 1. The van der Waals surface area contributed by atoms with Crippen LogP contribution in [-0.2, 0) is 0 Å². The summed E-state index contributed by atoms with van der Waals surface area (Å²) in [6.45, 7) is 0. The number of methoxy groups -OCH3 is 1. The fourth-order valence-electron chi connectivity index (χ4n) is 1.71. The number of hydrogen-bond donors (Lipinski definition) is 1. The number of amides is 1. The largest absolute Gasteiger partial charge is 0.495 e. The van der Waals surface area contributed by atoms with Crippen LogP contribution in [0.3, 0.4) is 0 Å². The van der Waals surface area contributed by atoms with E-state index in [1.807, 2.05) is 0 Å². The highest BCUT2D eigenvalue weighted by molar-refractivity contribution is 6.32. The third-order valence-corrected chi connectivity index (χ3v) is 3.02. The van der Waals surface area contributed by atoms with E-state index >= 15 is 0 Å². The molecule has 0 aliphatic carbocycles. The third kappa shape index (κ3) is 3.49. The van der Waals surface area contributed by atoms with Gasteiger partial charge in [-0.1, -0.05) is 17.7 Å². The molecule has 1 N–H and O–H groups in total. The van der Waals surface area contributed by atoms with Gasteiger partial charge in [0.15, 0.2) is 0 Å². The average molecular weight is 307 g/mol. The molecule has 0 saturated carbocycles. The van der Waals surface area contributed by atoms with E-state index < -0.39 is 10.8 Å². The molecule has 0 fully saturated rings. The van der Waals surface area contributed by atoms with Gasteiger partial charge in [-0.2, -0.15) is 0 Å². The van der Waals surface area contributed by atoms with Crippen molar-refractivity contribution in [3.8, 4) is 5.75 Å². The normalized spacial score (nSPS) is 10.0. The summed E-state index contributed by atoms with van der Waals surface area (Å²) < 4.78 is 5.00. The maximum atomic E-state index is 12.1. The van der Waals surface area contributed by atoms with Gasteiger partial charge in [0.25, 0.3) is 11.6 Å². The minimum absolute atomic E-state index is 0.0967. The predicted octanol–water partition coefficient (Wildman–Crippen LogP) is 3.51. The molecule has 108 valence electrons. The Morgan fingerprint density at radius 1 is 1.29 bits per heavy atom. The lowest BCUT2D eigenvalue weighted by Crippen LogP contribution is -2.12. The first-order valence-corrected chi connectivity index (χ1v) is 6.28. The second-order valence-electron chi connectivity index (χ2n) is 4.11. The number of nitrogens with zero attached hydrogens (tertiary/aromatic N) is 1. The summed E-state index contributed by atoms with van der Waals surface area (Å²) in [7, 11) is 1.48.